The monoisotopic (exact) mass is 515 g/mol. The van der Waals surface area contributed by atoms with E-state index < -0.39 is 0 Å². The number of rotatable bonds is 2. The van der Waals surface area contributed by atoms with Gasteiger partial charge in [0, 0.05) is 27.3 Å². The van der Waals surface area contributed by atoms with E-state index in [1.165, 1.54) is 77.1 Å². The number of benzene rings is 6. The standard InChI is InChI=1S/C37H27N.C2H6/c1-37(2)32-19-16-24-11-6-7-12-27(24)35(32)30-18-15-26(22-33(30)37)28-13-8-14-29-31-21-25(23-9-4-3-5-10-23)17-20-34(31)38-36(28)29;1-2/h3-22,38H,1-2H3;1-2H3. The SMILES string of the molecule is CC.CC1(C)c2cc(-c3cccc4c3[nH]c3ccc(-c5ccccc5)cc34)ccc2-c2c1ccc1ccccc21. The molecule has 1 nitrogen and oxygen atoms in total. The molecule has 0 saturated heterocycles. The van der Waals surface area contributed by atoms with Gasteiger partial charge in [-0.1, -0.05) is 131 Å². The molecule has 0 saturated carbocycles. The average molecular weight is 516 g/mol. The lowest BCUT2D eigenvalue weighted by molar-refractivity contribution is 0.661. The highest BCUT2D eigenvalue weighted by Crippen LogP contribution is 2.52. The third-order valence-electron chi connectivity index (χ3n) is 8.62. The highest BCUT2D eigenvalue weighted by atomic mass is 14.7. The van der Waals surface area contributed by atoms with Crippen LogP contribution in [0.2, 0.25) is 0 Å². The van der Waals surface area contributed by atoms with E-state index in [-0.39, 0.29) is 5.41 Å². The molecule has 0 atom stereocenters. The first-order valence-electron chi connectivity index (χ1n) is 14.4. The number of fused-ring (bicyclic) bond motifs is 8. The van der Waals surface area contributed by atoms with Crippen molar-refractivity contribution in [2.45, 2.75) is 33.1 Å². The van der Waals surface area contributed by atoms with Gasteiger partial charge in [0.1, 0.15) is 0 Å². The van der Waals surface area contributed by atoms with Gasteiger partial charge in [0.15, 0.2) is 0 Å². The Morgan fingerprint density at radius 3 is 2.10 bits per heavy atom. The Hall–Kier alpha value is -4.62. The Balaban J connectivity index is 0.00000130. The maximum atomic E-state index is 3.75. The molecule has 1 N–H and O–H groups in total. The van der Waals surface area contributed by atoms with Crippen molar-refractivity contribution in [3.8, 4) is 33.4 Å². The maximum Gasteiger partial charge on any atom is 0.0544 e. The molecule has 1 heteroatoms. The van der Waals surface area contributed by atoms with Crippen molar-refractivity contribution in [3.63, 3.8) is 0 Å². The molecule has 0 bridgehead atoms. The summed E-state index contributed by atoms with van der Waals surface area (Å²) in [4.78, 5) is 3.75. The van der Waals surface area contributed by atoms with Crippen LogP contribution in [-0.4, -0.2) is 4.98 Å². The van der Waals surface area contributed by atoms with Crippen molar-refractivity contribution < 1.29 is 0 Å². The van der Waals surface area contributed by atoms with E-state index in [0.29, 0.717) is 0 Å². The number of aromatic amines is 1. The molecule has 1 aliphatic rings. The molecule has 8 rings (SSSR count). The molecule has 1 aliphatic carbocycles. The van der Waals surface area contributed by atoms with Crippen molar-refractivity contribution in [2.24, 2.45) is 0 Å². The van der Waals surface area contributed by atoms with Gasteiger partial charge in [0.2, 0.25) is 0 Å². The molecule has 1 heterocycles. The van der Waals surface area contributed by atoms with Crippen LogP contribution >= 0.6 is 0 Å². The summed E-state index contributed by atoms with van der Waals surface area (Å²) in [6, 6.07) is 44.5. The zero-order chi connectivity index (χ0) is 27.4. The molecule has 7 aromatic rings. The summed E-state index contributed by atoms with van der Waals surface area (Å²) in [6.45, 7) is 8.73. The lowest BCUT2D eigenvalue weighted by Gasteiger charge is -2.22. The van der Waals surface area contributed by atoms with Crippen molar-refractivity contribution in [1.82, 2.24) is 4.98 Å². The number of aromatic nitrogens is 1. The van der Waals surface area contributed by atoms with Gasteiger partial charge >= 0.3 is 0 Å². The Morgan fingerprint density at radius 2 is 1.25 bits per heavy atom. The van der Waals surface area contributed by atoms with Crippen molar-refractivity contribution >= 4 is 32.6 Å². The Kier molecular flexibility index (Phi) is 5.64. The smallest absolute Gasteiger partial charge is 0.0544 e. The third kappa shape index (κ3) is 3.54. The van der Waals surface area contributed by atoms with Gasteiger partial charge in [-0.15, -0.1) is 0 Å². The Morgan fingerprint density at radius 1 is 0.500 bits per heavy atom. The van der Waals surface area contributed by atoms with Crippen molar-refractivity contribution in [1.29, 1.82) is 0 Å². The van der Waals surface area contributed by atoms with Crippen LogP contribution in [0.3, 0.4) is 0 Å². The molecule has 0 amide bonds. The predicted octanol–water partition coefficient (Wildman–Crippen LogP) is 11.1. The van der Waals surface area contributed by atoms with Gasteiger partial charge in [-0.05, 0) is 67.9 Å². The fourth-order valence-electron chi connectivity index (χ4n) is 6.65. The van der Waals surface area contributed by atoms with Crippen molar-refractivity contribution in [2.75, 3.05) is 0 Å². The van der Waals surface area contributed by atoms with E-state index in [1.54, 1.807) is 0 Å². The summed E-state index contributed by atoms with van der Waals surface area (Å²) in [5, 5.41) is 5.18. The van der Waals surface area contributed by atoms with E-state index in [9.17, 15) is 0 Å². The molecular formula is C39H33N. The zero-order valence-corrected chi connectivity index (χ0v) is 23.5. The second kappa shape index (κ2) is 9.24. The second-order valence-corrected chi connectivity index (χ2v) is 11.1. The Bertz CT molecular complexity index is 2040. The van der Waals surface area contributed by atoms with E-state index in [4.69, 9.17) is 0 Å². The molecule has 0 unspecified atom stereocenters. The zero-order valence-electron chi connectivity index (χ0n) is 23.5. The largest absolute Gasteiger partial charge is 0.354 e. The fraction of sp³-hybridized carbons (Fsp3) is 0.128. The summed E-state index contributed by atoms with van der Waals surface area (Å²) in [7, 11) is 0. The van der Waals surface area contributed by atoms with Gasteiger partial charge in [0.25, 0.3) is 0 Å². The molecule has 1 aromatic heterocycles. The molecule has 40 heavy (non-hydrogen) atoms. The minimum Gasteiger partial charge on any atom is -0.354 e. The molecule has 0 radical (unpaired) electrons. The summed E-state index contributed by atoms with van der Waals surface area (Å²) >= 11 is 0. The summed E-state index contributed by atoms with van der Waals surface area (Å²) in [5.74, 6) is 0. The number of hydrogen-bond acceptors (Lipinski definition) is 0. The van der Waals surface area contributed by atoms with Gasteiger partial charge in [-0.3, -0.25) is 0 Å². The van der Waals surface area contributed by atoms with Gasteiger partial charge < -0.3 is 4.98 Å². The van der Waals surface area contributed by atoms with Crippen LogP contribution in [0.1, 0.15) is 38.8 Å². The molecular weight excluding hydrogens is 482 g/mol. The quantitative estimate of drug-likeness (QED) is 0.236. The highest BCUT2D eigenvalue weighted by molar-refractivity contribution is 6.13. The van der Waals surface area contributed by atoms with E-state index in [2.05, 4.69) is 140 Å². The summed E-state index contributed by atoms with van der Waals surface area (Å²) in [6.07, 6.45) is 0. The first-order chi connectivity index (χ1) is 19.6. The summed E-state index contributed by atoms with van der Waals surface area (Å²) in [5.41, 5.74) is 12.9. The van der Waals surface area contributed by atoms with Crippen LogP contribution in [0, 0.1) is 0 Å². The number of hydrogen-bond donors (Lipinski definition) is 1. The normalized spacial score (nSPS) is 13.2. The fourth-order valence-corrected chi connectivity index (χ4v) is 6.65. The van der Waals surface area contributed by atoms with Crippen LogP contribution in [-0.2, 0) is 5.41 Å². The van der Waals surface area contributed by atoms with Crippen LogP contribution in [0.25, 0.3) is 66.0 Å². The maximum absolute atomic E-state index is 3.75. The molecule has 0 spiro atoms. The minimum absolute atomic E-state index is 0.0519. The van der Waals surface area contributed by atoms with Crippen LogP contribution < -0.4 is 0 Å². The van der Waals surface area contributed by atoms with E-state index in [0.717, 1.165) is 0 Å². The van der Waals surface area contributed by atoms with Crippen molar-refractivity contribution in [3.05, 3.63) is 132 Å². The first kappa shape index (κ1) is 24.4. The third-order valence-corrected chi connectivity index (χ3v) is 8.62. The number of nitrogens with one attached hydrogen (secondary N) is 1. The van der Waals surface area contributed by atoms with Gasteiger partial charge in [-0.2, -0.15) is 0 Å². The number of H-pyrrole nitrogens is 1. The lowest BCUT2D eigenvalue weighted by atomic mass is 9.81. The predicted molar refractivity (Wildman–Crippen MR) is 173 cm³/mol. The van der Waals surface area contributed by atoms with E-state index >= 15 is 0 Å². The Labute approximate surface area is 236 Å². The number of para-hydroxylation sites is 1. The minimum atomic E-state index is -0.0519. The lowest BCUT2D eigenvalue weighted by Crippen LogP contribution is -2.15. The van der Waals surface area contributed by atoms with E-state index in [1.807, 2.05) is 13.8 Å². The molecule has 6 aromatic carbocycles. The topological polar surface area (TPSA) is 15.8 Å². The second-order valence-electron chi connectivity index (χ2n) is 11.1. The molecule has 0 fully saturated rings. The van der Waals surface area contributed by atoms with Gasteiger partial charge in [0.05, 0.1) is 5.52 Å². The molecule has 0 aliphatic heterocycles. The summed E-state index contributed by atoms with van der Waals surface area (Å²) < 4.78 is 0. The first-order valence-corrected chi connectivity index (χ1v) is 14.4. The average Bonchev–Trinajstić information content (AvgIpc) is 3.50. The van der Waals surface area contributed by atoms with Gasteiger partial charge in [-0.25, -0.2) is 0 Å². The van der Waals surface area contributed by atoms with Crippen LogP contribution in [0.5, 0.6) is 0 Å². The van der Waals surface area contributed by atoms with Crippen LogP contribution in [0.4, 0.5) is 0 Å². The highest BCUT2D eigenvalue weighted by Gasteiger charge is 2.36. The molecule has 194 valence electrons. The van der Waals surface area contributed by atoms with Crippen LogP contribution in [0.15, 0.2) is 121 Å².